The van der Waals surface area contributed by atoms with Gasteiger partial charge in [-0.3, -0.25) is 19.5 Å². The predicted octanol–water partition coefficient (Wildman–Crippen LogP) is 3.54. The molecule has 248 valence electrons. The molecule has 2 aliphatic heterocycles. The van der Waals surface area contributed by atoms with E-state index in [-0.39, 0.29) is 60.7 Å². The molecule has 4 N–H and O–H groups in total. The maximum atomic E-state index is 13.3. The summed E-state index contributed by atoms with van der Waals surface area (Å²) in [6, 6.07) is 2.59. The number of β-lactam (4-membered cyclic amide) rings is 1. The fourth-order valence-electron chi connectivity index (χ4n) is 4.93. The lowest BCUT2D eigenvalue weighted by Crippen LogP contribution is -2.71. The van der Waals surface area contributed by atoms with Gasteiger partial charge in [0.2, 0.25) is 0 Å². The number of anilines is 1. The number of fused-ring (bicyclic) bond motifs is 1. The summed E-state index contributed by atoms with van der Waals surface area (Å²) in [6.45, 7) is -0.477. The van der Waals surface area contributed by atoms with Crippen LogP contribution in [0.5, 0.6) is 0 Å². The number of hydrogen-bond acceptors (Lipinski definition) is 14. The zero-order valence-electron chi connectivity index (χ0n) is 24.2. The average molecular weight is 716 g/mol. The number of carbonyl (C=O) groups excluding carboxylic acids is 4. The maximum absolute atomic E-state index is 13.3. The molecule has 2 aromatic heterocycles. The Labute approximate surface area is 284 Å². The van der Waals surface area contributed by atoms with Crippen molar-refractivity contribution in [2.75, 3.05) is 24.7 Å². The molecule has 0 aromatic carbocycles. The van der Waals surface area contributed by atoms with Crippen LogP contribution in [-0.4, -0.2) is 86.2 Å². The first-order valence-corrected chi connectivity index (χ1v) is 15.8. The Kier molecular flexibility index (Phi) is 13.7. The summed E-state index contributed by atoms with van der Waals surface area (Å²) < 4.78 is 15.8. The lowest BCUT2D eigenvalue weighted by Gasteiger charge is -2.49. The molecule has 3 aliphatic rings. The van der Waals surface area contributed by atoms with E-state index in [1.807, 2.05) is 6.07 Å². The second-order valence-corrected chi connectivity index (χ2v) is 12.0. The Morgan fingerprint density at radius 1 is 1.15 bits per heavy atom. The Hall–Kier alpha value is -3.86. The van der Waals surface area contributed by atoms with Crippen molar-refractivity contribution in [2.45, 2.75) is 49.6 Å². The summed E-state index contributed by atoms with van der Waals surface area (Å²) in [7, 11) is 0. The first-order valence-electron chi connectivity index (χ1n) is 13.9. The third-order valence-corrected chi connectivity index (χ3v) is 9.05. The van der Waals surface area contributed by atoms with E-state index in [4.69, 9.17) is 19.9 Å². The molecule has 1 saturated heterocycles. The van der Waals surface area contributed by atoms with Gasteiger partial charge in [-0.25, -0.2) is 14.6 Å². The van der Waals surface area contributed by atoms with Crippen molar-refractivity contribution in [2.24, 2.45) is 5.16 Å². The molecule has 1 aliphatic carbocycles. The summed E-state index contributed by atoms with van der Waals surface area (Å²) in [4.78, 5) is 60.8. The summed E-state index contributed by atoms with van der Waals surface area (Å²) >= 11 is 2.39. The Balaban J connectivity index is 0.00000288. The first-order chi connectivity index (χ1) is 21.4. The summed E-state index contributed by atoms with van der Waals surface area (Å²) in [5.74, 6) is -1.87. The van der Waals surface area contributed by atoms with Gasteiger partial charge in [-0.1, -0.05) is 29.8 Å². The van der Waals surface area contributed by atoms with Gasteiger partial charge in [-0.15, -0.1) is 47.9 Å². The number of allylic oxidation sites excluding steroid dienone is 1. The fourth-order valence-corrected chi connectivity index (χ4v) is 6.80. The summed E-state index contributed by atoms with van der Waals surface area (Å²) in [6.07, 6.45) is 10.5. The lowest BCUT2D eigenvalue weighted by molar-refractivity contribution is -0.153. The van der Waals surface area contributed by atoms with Gasteiger partial charge in [-0.2, -0.15) is 0 Å². The smallest absolute Gasteiger partial charge is 0.457 e. The van der Waals surface area contributed by atoms with E-state index < -0.39 is 41.1 Å². The molecule has 4 heterocycles. The van der Waals surface area contributed by atoms with Crippen molar-refractivity contribution in [3.63, 3.8) is 0 Å². The van der Waals surface area contributed by atoms with Gasteiger partial charge in [0.15, 0.2) is 10.8 Å². The number of ether oxygens (including phenoxy) is 3. The van der Waals surface area contributed by atoms with Crippen molar-refractivity contribution in [1.82, 2.24) is 20.2 Å². The number of nitrogen functional groups attached to an aromatic ring is 1. The van der Waals surface area contributed by atoms with Gasteiger partial charge >= 0.3 is 12.1 Å². The standard InChI is InChI=1S/C28H30N6O8S2.2ClH/c29-27-31-19(15-44-27)20(33-39)23(35)32-21-24(36)34-22(17(14-43-25(21)34)9-8-16-5-4-10-30-13-16)26(37)40-11-12-41-28(38)42-18-6-2-1-3-7-18;;/h4-5,8-10,13,15,18,21,25,39H,1-3,6-7,11-12,14H2,(H2,29,31)(H,32,35);2*1H/b9-8-,33-20?;;/t21-,25+;;/m1../s1. The van der Waals surface area contributed by atoms with Crippen LogP contribution in [0.2, 0.25) is 0 Å². The molecule has 14 nitrogen and oxygen atoms in total. The molecule has 0 unspecified atom stereocenters. The van der Waals surface area contributed by atoms with E-state index in [9.17, 15) is 24.4 Å². The van der Waals surface area contributed by atoms with Crippen LogP contribution in [-0.2, 0) is 28.6 Å². The van der Waals surface area contributed by atoms with E-state index >= 15 is 0 Å². The SMILES string of the molecule is Cl.Cl.Nc1nc(C(=NO)C(=O)N[C@@H]2C(=O)N3C(C(=O)OCCOC(=O)OC4CCCCC4)=C(/C=C\c4cccnc4)CS[C@@H]23)cs1. The number of thiazole rings is 1. The second kappa shape index (κ2) is 17.2. The molecule has 2 fully saturated rings. The normalized spacial score (nSPS) is 19.7. The van der Waals surface area contributed by atoms with Gasteiger partial charge in [0.1, 0.15) is 42.1 Å². The van der Waals surface area contributed by atoms with Crippen molar-refractivity contribution in [1.29, 1.82) is 0 Å². The number of halogens is 2. The van der Waals surface area contributed by atoms with Crippen molar-refractivity contribution in [3.05, 3.63) is 58.5 Å². The largest absolute Gasteiger partial charge is 0.508 e. The molecular weight excluding hydrogens is 683 g/mol. The first kappa shape index (κ1) is 36.6. The third kappa shape index (κ3) is 8.69. The van der Waals surface area contributed by atoms with Crippen molar-refractivity contribution in [3.8, 4) is 0 Å². The van der Waals surface area contributed by atoms with E-state index in [1.165, 1.54) is 22.0 Å². The Morgan fingerprint density at radius 2 is 1.91 bits per heavy atom. The molecule has 46 heavy (non-hydrogen) atoms. The van der Waals surface area contributed by atoms with Crippen LogP contribution >= 0.6 is 47.9 Å². The number of amides is 2. The number of thioether (sulfide) groups is 1. The van der Waals surface area contributed by atoms with Crippen molar-refractivity contribution >= 4 is 88.8 Å². The molecule has 2 atom stereocenters. The van der Waals surface area contributed by atoms with Gasteiger partial charge in [-0.05, 0) is 42.9 Å². The topological polar surface area (TPSA) is 196 Å². The molecule has 5 rings (SSSR count). The van der Waals surface area contributed by atoms with E-state index in [1.54, 1.807) is 30.6 Å². The van der Waals surface area contributed by atoms with Gasteiger partial charge < -0.3 is 30.5 Å². The number of nitrogens with one attached hydrogen (secondary N) is 1. The highest BCUT2D eigenvalue weighted by molar-refractivity contribution is 8.00. The quantitative estimate of drug-likeness (QED) is 0.0810. The minimum atomic E-state index is -1.01. The van der Waals surface area contributed by atoms with E-state index in [0.717, 1.165) is 49.0 Å². The highest BCUT2D eigenvalue weighted by Crippen LogP contribution is 2.41. The third-order valence-electron chi connectivity index (χ3n) is 7.07. The lowest BCUT2D eigenvalue weighted by atomic mass is 9.98. The number of carbonyl (C=O) groups is 4. The van der Waals surface area contributed by atoms with Gasteiger partial charge in [0.05, 0.1) is 0 Å². The van der Waals surface area contributed by atoms with Crippen LogP contribution < -0.4 is 11.1 Å². The number of nitrogens with two attached hydrogens (primary N) is 1. The highest BCUT2D eigenvalue weighted by atomic mass is 35.5. The summed E-state index contributed by atoms with van der Waals surface area (Å²) in [5, 5.41) is 16.0. The predicted molar refractivity (Wildman–Crippen MR) is 175 cm³/mol. The number of pyridine rings is 1. The number of esters is 1. The Morgan fingerprint density at radius 3 is 2.59 bits per heavy atom. The number of nitrogens with zero attached hydrogens (tertiary/aromatic N) is 4. The molecule has 0 bridgehead atoms. The summed E-state index contributed by atoms with van der Waals surface area (Å²) in [5.41, 5.74) is 6.59. The molecule has 18 heteroatoms. The monoisotopic (exact) mass is 714 g/mol. The molecule has 0 spiro atoms. The van der Waals surface area contributed by atoms with E-state index in [2.05, 4.69) is 20.4 Å². The van der Waals surface area contributed by atoms with Crippen LogP contribution in [0.4, 0.5) is 9.93 Å². The number of oxime groups is 1. The molecule has 0 radical (unpaired) electrons. The maximum Gasteiger partial charge on any atom is 0.508 e. The zero-order valence-corrected chi connectivity index (χ0v) is 27.5. The fraction of sp³-hybridized carbons (Fsp3) is 0.393. The van der Waals surface area contributed by atoms with E-state index in [0.29, 0.717) is 11.3 Å². The van der Waals surface area contributed by atoms with Crippen LogP contribution in [0.25, 0.3) is 6.08 Å². The number of aromatic nitrogens is 2. The molecule has 2 amide bonds. The minimum Gasteiger partial charge on any atom is -0.457 e. The van der Waals surface area contributed by atoms with Crippen LogP contribution in [0.15, 0.2) is 52.4 Å². The molecular formula is C28H32Cl2N6O8S2. The zero-order chi connectivity index (χ0) is 31.1. The average Bonchev–Trinajstić information content (AvgIpc) is 3.47. The highest BCUT2D eigenvalue weighted by Gasteiger charge is 2.54. The van der Waals surface area contributed by atoms with Crippen LogP contribution in [0, 0.1) is 0 Å². The van der Waals surface area contributed by atoms with Crippen LogP contribution in [0.3, 0.4) is 0 Å². The molecule has 2 aromatic rings. The van der Waals surface area contributed by atoms with Gasteiger partial charge in [0, 0.05) is 23.5 Å². The molecule has 1 saturated carbocycles. The number of rotatable bonds is 10. The van der Waals surface area contributed by atoms with Crippen molar-refractivity contribution < 1.29 is 38.6 Å². The van der Waals surface area contributed by atoms with Crippen LogP contribution in [0.1, 0.15) is 43.4 Å². The number of hydrogen-bond donors (Lipinski definition) is 3. The van der Waals surface area contributed by atoms with Gasteiger partial charge in [0.25, 0.3) is 11.8 Å². The second-order valence-electron chi connectivity index (χ2n) is 9.99. The Bertz CT molecular complexity index is 1500. The minimum absolute atomic E-state index is 0.